The van der Waals surface area contributed by atoms with Crippen molar-refractivity contribution in [3.63, 3.8) is 0 Å². The summed E-state index contributed by atoms with van der Waals surface area (Å²) in [7, 11) is 1.41. The summed E-state index contributed by atoms with van der Waals surface area (Å²) in [6.45, 7) is 0. The molecule has 3 nitrogen and oxygen atoms in total. The average Bonchev–Trinajstić information content (AvgIpc) is 2.29. The van der Waals surface area contributed by atoms with Gasteiger partial charge in [0.1, 0.15) is 17.5 Å². The molecule has 1 aromatic carbocycles. The van der Waals surface area contributed by atoms with Gasteiger partial charge in [-0.15, -0.1) is 0 Å². The highest BCUT2D eigenvalue weighted by molar-refractivity contribution is 9.10. The first-order valence-corrected chi connectivity index (χ1v) is 5.16. The molecule has 5 heteroatoms. The van der Waals surface area contributed by atoms with Crippen molar-refractivity contribution >= 4 is 27.9 Å². The molecule has 0 aliphatic carbocycles. The predicted molar refractivity (Wildman–Crippen MR) is 61.8 cm³/mol. The van der Waals surface area contributed by atoms with Crippen LogP contribution in [-0.2, 0) is 4.79 Å². The Kier molecular flexibility index (Phi) is 4.20. The van der Waals surface area contributed by atoms with Crippen LogP contribution < -0.4 is 5.32 Å². The summed E-state index contributed by atoms with van der Waals surface area (Å²) in [5, 5.41) is 11.0. The molecule has 1 N–H and O–H groups in total. The van der Waals surface area contributed by atoms with Crippen LogP contribution in [0, 0.1) is 17.1 Å². The average molecular weight is 283 g/mol. The molecular weight excluding hydrogens is 275 g/mol. The van der Waals surface area contributed by atoms with E-state index in [0.29, 0.717) is 4.47 Å². The Balaban J connectivity index is 3.19. The Morgan fingerprint density at radius 2 is 2.31 bits per heavy atom. The number of hydrogen-bond acceptors (Lipinski definition) is 2. The van der Waals surface area contributed by atoms with Crippen LogP contribution in [0.1, 0.15) is 5.56 Å². The highest BCUT2D eigenvalue weighted by atomic mass is 79.9. The van der Waals surface area contributed by atoms with Gasteiger partial charge in [0.05, 0.1) is 0 Å². The molecule has 82 valence electrons. The van der Waals surface area contributed by atoms with E-state index in [2.05, 4.69) is 21.2 Å². The highest BCUT2D eigenvalue weighted by Crippen LogP contribution is 2.18. The number of benzene rings is 1. The first-order valence-electron chi connectivity index (χ1n) is 4.37. The number of likely N-dealkylation sites (N-methyl/N-ethyl adjacent to an activating group) is 1. The van der Waals surface area contributed by atoms with Crippen molar-refractivity contribution in [2.24, 2.45) is 0 Å². The van der Waals surface area contributed by atoms with E-state index in [-0.39, 0.29) is 11.1 Å². The highest BCUT2D eigenvalue weighted by Gasteiger charge is 2.08. The van der Waals surface area contributed by atoms with E-state index in [0.717, 1.165) is 0 Å². The van der Waals surface area contributed by atoms with Crippen LogP contribution in [0.5, 0.6) is 0 Å². The molecule has 0 aliphatic rings. The van der Waals surface area contributed by atoms with Crippen molar-refractivity contribution in [1.82, 2.24) is 5.32 Å². The number of carbonyl (C=O) groups is 1. The maximum Gasteiger partial charge on any atom is 0.261 e. The van der Waals surface area contributed by atoms with E-state index in [4.69, 9.17) is 5.26 Å². The Morgan fingerprint density at radius 3 is 2.88 bits per heavy atom. The van der Waals surface area contributed by atoms with Crippen LogP contribution in [0.4, 0.5) is 4.39 Å². The molecule has 1 amide bonds. The molecule has 0 unspecified atom stereocenters. The van der Waals surface area contributed by atoms with Gasteiger partial charge in [0.25, 0.3) is 5.91 Å². The maximum absolute atomic E-state index is 13.3. The standard InChI is InChI=1S/C11H8BrFN2O/c1-15-11(16)8(6-14)4-7-5-9(12)2-3-10(7)13/h2-5H,1H3,(H,15,16)/b8-4+. The zero-order valence-electron chi connectivity index (χ0n) is 8.42. The molecule has 0 heterocycles. The lowest BCUT2D eigenvalue weighted by Gasteiger charge is -2.00. The Morgan fingerprint density at radius 1 is 1.62 bits per heavy atom. The van der Waals surface area contributed by atoms with E-state index < -0.39 is 11.7 Å². The van der Waals surface area contributed by atoms with E-state index >= 15 is 0 Å². The number of carbonyl (C=O) groups excluding carboxylic acids is 1. The van der Waals surface area contributed by atoms with Gasteiger partial charge >= 0.3 is 0 Å². The third-order valence-electron chi connectivity index (χ3n) is 1.85. The Hall–Kier alpha value is -1.67. The summed E-state index contributed by atoms with van der Waals surface area (Å²) in [6.07, 6.45) is 1.21. The van der Waals surface area contributed by atoms with Crippen molar-refractivity contribution in [2.75, 3.05) is 7.05 Å². The van der Waals surface area contributed by atoms with Gasteiger partial charge in [-0.1, -0.05) is 15.9 Å². The molecule has 0 atom stereocenters. The van der Waals surface area contributed by atoms with Gasteiger partial charge in [-0.05, 0) is 24.3 Å². The minimum absolute atomic E-state index is 0.139. The molecule has 0 aliphatic heterocycles. The summed E-state index contributed by atoms with van der Waals surface area (Å²) in [5.41, 5.74) is 0.0500. The second kappa shape index (κ2) is 5.42. The molecule has 0 spiro atoms. The number of nitriles is 1. The molecule has 16 heavy (non-hydrogen) atoms. The van der Waals surface area contributed by atoms with Crippen LogP contribution in [0.15, 0.2) is 28.2 Å². The summed E-state index contributed by atoms with van der Waals surface area (Å²) in [4.78, 5) is 11.2. The van der Waals surface area contributed by atoms with Gasteiger partial charge in [-0.25, -0.2) is 4.39 Å². The fraction of sp³-hybridized carbons (Fsp3) is 0.0909. The number of rotatable bonds is 2. The zero-order valence-corrected chi connectivity index (χ0v) is 10.0. The Labute approximate surface area is 101 Å². The largest absolute Gasteiger partial charge is 0.354 e. The van der Waals surface area contributed by atoms with Crippen LogP contribution in [0.3, 0.4) is 0 Å². The monoisotopic (exact) mass is 282 g/mol. The number of nitrogens with zero attached hydrogens (tertiary/aromatic N) is 1. The minimum Gasteiger partial charge on any atom is -0.354 e. The van der Waals surface area contributed by atoms with Crippen molar-refractivity contribution in [3.8, 4) is 6.07 Å². The fourth-order valence-electron chi connectivity index (χ4n) is 1.06. The second-order valence-electron chi connectivity index (χ2n) is 2.91. The van der Waals surface area contributed by atoms with Crippen molar-refractivity contribution < 1.29 is 9.18 Å². The summed E-state index contributed by atoms with van der Waals surface area (Å²) >= 11 is 3.18. The van der Waals surface area contributed by atoms with E-state index in [1.807, 2.05) is 0 Å². The van der Waals surface area contributed by atoms with E-state index in [9.17, 15) is 9.18 Å². The predicted octanol–water partition coefficient (Wildman–Crippen LogP) is 2.24. The quantitative estimate of drug-likeness (QED) is 0.668. The van der Waals surface area contributed by atoms with Gasteiger partial charge in [-0.2, -0.15) is 5.26 Å². The van der Waals surface area contributed by atoms with Crippen LogP contribution in [0.25, 0.3) is 6.08 Å². The van der Waals surface area contributed by atoms with Crippen molar-refractivity contribution in [3.05, 3.63) is 39.6 Å². The van der Waals surface area contributed by atoms with Gasteiger partial charge in [0, 0.05) is 17.1 Å². The lowest BCUT2D eigenvalue weighted by atomic mass is 10.1. The molecule has 0 saturated heterocycles. The second-order valence-corrected chi connectivity index (χ2v) is 3.83. The normalized spacial score (nSPS) is 10.8. The molecule has 0 aromatic heterocycles. The third-order valence-corrected chi connectivity index (χ3v) is 2.34. The summed E-state index contributed by atoms with van der Waals surface area (Å²) < 4.78 is 14.0. The molecule has 1 aromatic rings. The number of nitrogens with one attached hydrogen (secondary N) is 1. The Bertz CT molecular complexity index is 491. The van der Waals surface area contributed by atoms with Gasteiger partial charge < -0.3 is 5.32 Å². The van der Waals surface area contributed by atoms with E-state index in [1.54, 1.807) is 12.1 Å². The zero-order chi connectivity index (χ0) is 12.1. The first-order chi connectivity index (χ1) is 7.58. The number of halogens is 2. The number of amides is 1. The lowest BCUT2D eigenvalue weighted by Crippen LogP contribution is -2.19. The topological polar surface area (TPSA) is 52.9 Å². The van der Waals surface area contributed by atoms with Crippen LogP contribution >= 0.6 is 15.9 Å². The van der Waals surface area contributed by atoms with E-state index in [1.165, 1.54) is 25.3 Å². The SMILES string of the molecule is CNC(=O)/C(C#N)=C/c1cc(Br)ccc1F. The molecule has 0 saturated carbocycles. The smallest absolute Gasteiger partial charge is 0.261 e. The van der Waals surface area contributed by atoms with Crippen molar-refractivity contribution in [2.45, 2.75) is 0 Å². The number of hydrogen-bond donors (Lipinski definition) is 1. The molecular formula is C11H8BrFN2O. The lowest BCUT2D eigenvalue weighted by molar-refractivity contribution is -0.116. The van der Waals surface area contributed by atoms with Gasteiger partial charge in [-0.3, -0.25) is 4.79 Å². The molecule has 0 bridgehead atoms. The maximum atomic E-state index is 13.3. The van der Waals surface area contributed by atoms with Gasteiger partial charge in [0.2, 0.25) is 0 Å². The molecule has 0 radical (unpaired) electrons. The van der Waals surface area contributed by atoms with Gasteiger partial charge in [0.15, 0.2) is 0 Å². The third kappa shape index (κ3) is 2.91. The van der Waals surface area contributed by atoms with Crippen LogP contribution in [0.2, 0.25) is 0 Å². The minimum atomic E-state index is -0.540. The fourth-order valence-corrected chi connectivity index (χ4v) is 1.44. The van der Waals surface area contributed by atoms with Crippen LogP contribution in [-0.4, -0.2) is 13.0 Å². The summed E-state index contributed by atoms with van der Waals surface area (Å²) in [6, 6.07) is 6.01. The first kappa shape index (κ1) is 12.4. The molecule has 0 fully saturated rings. The van der Waals surface area contributed by atoms with Crippen molar-refractivity contribution in [1.29, 1.82) is 5.26 Å². The molecule has 1 rings (SSSR count). The summed E-state index contributed by atoms with van der Waals surface area (Å²) in [5.74, 6) is -1.03.